The zero-order valence-electron chi connectivity index (χ0n) is 18.7. The van der Waals surface area contributed by atoms with Crippen LogP contribution in [-0.2, 0) is 36.0 Å². The lowest BCUT2D eigenvalue weighted by Crippen LogP contribution is -2.37. The largest absolute Gasteiger partial charge is 0.496 e. The van der Waals surface area contributed by atoms with E-state index in [1.807, 2.05) is 0 Å². The van der Waals surface area contributed by atoms with Crippen molar-refractivity contribution in [2.75, 3.05) is 33.5 Å². The van der Waals surface area contributed by atoms with Crippen molar-refractivity contribution in [2.24, 2.45) is 0 Å². The van der Waals surface area contributed by atoms with Gasteiger partial charge in [0, 0.05) is 26.2 Å². The van der Waals surface area contributed by atoms with Crippen LogP contribution in [0.1, 0.15) is 46.6 Å². The van der Waals surface area contributed by atoms with E-state index in [0.29, 0.717) is 19.0 Å². The second-order valence-corrected chi connectivity index (χ2v) is 10.7. The summed E-state index contributed by atoms with van der Waals surface area (Å²) in [7, 11) is 0.735. The molecule has 0 amide bonds. The Labute approximate surface area is 186 Å². The number of fused-ring (bicyclic) bond motifs is 2. The van der Waals surface area contributed by atoms with Crippen LogP contribution in [0.15, 0.2) is 36.4 Å². The zero-order valence-corrected chi connectivity index (χ0v) is 19.5. The van der Waals surface area contributed by atoms with E-state index in [-0.39, 0.29) is 0 Å². The Morgan fingerprint density at radius 1 is 1.19 bits per heavy atom. The number of sulfonamides is 1. The molecule has 0 bridgehead atoms. The molecular formula is C24H33N3O3S. The Bertz CT molecular complexity index is 1040. The summed E-state index contributed by atoms with van der Waals surface area (Å²) < 4.78 is 28.6. The summed E-state index contributed by atoms with van der Waals surface area (Å²) in [6.07, 6.45) is 5.74. The second-order valence-electron chi connectivity index (χ2n) is 8.95. The highest BCUT2D eigenvalue weighted by molar-refractivity contribution is 7.88. The standard InChI is InChI=1S/C24H33N3O3S/c1-26(15-20-6-4-8-23-22(20)7-5-9-24(23)30-2)13-12-18-10-11-19-16-27(17-21(19)14-18)25-31(3,28)29/h5,7,9-11,14,20,25H,4,6,8,12-13,15-17H2,1-3H3. The second kappa shape index (κ2) is 9.28. The molecule has 0 fully saturated rings. The first kappa shape index (κ1) is 22.3. The van der Waals surface area contributed by atoms with E-state index in [1.165, 1.54) is 46.9 Å². The van der Waals surface area contributed by atoms with Gasteiger partial charge in [-0.05, 0) is 72.5 Å². The lowest BCUT2D eigenvalue weighted by Gasteiger charge is -2.30. The Morgan fingerprint density at radius 2 is 2.00 bits per heavy atom. The molecular weight excluding hydrogens is 410 g/mol. The van der Waals surface area contributed by atoms with Gasteiger partial charge >= 0.3 is 0 Å². The SMILES string of the molecule is COc1cccc2c1CCCC2CN(C)CCc1ccc2c(c1)CN(NS(C)(=O)=O)C2. The number of hydrogen-bond acceptors (Lipinski definition) is 5. The topological polar surface area (TPSA) is 61.9 Å². The van der Waals surface area contributed by atoms with Gasteiger partial charge in [0.1, 0.15) is 5.75 Å². The highest BCUT2D eigenvalue weighted by Gasteiger charge is 2.24. The quantitative estimate of drug-likeness (QED) is 0.679. The fourth-order valence-corrected chi connectivity index (χ4v) is 5.58. The third kappa shape index (κ3) is 5.47. The molecule has 1 heterocycles. The van der Waals surface area contributed by atoms with E-state index in [0.717, 1.165) is 31.7 Å². The minimum Gasteiger partial charge on any atom is -0.496 e. The maximum absolute atomic E-state index is 11.5. The number of benzene rings is 2. The van der Waals surface area contributed by atoms with Crippen LogP contribution in [0.3, 0.4) is 0 Å². The molecule has 6 nitrogen and oxygen atoms in total. The molecule has 1 atom stereocenters. The maximum Gasteiger partial charge on any atom is 0.221 e. The number of ether oxygens (including phenoxy) is 1. The average Bonchev–Trinajstić information content (AvgIpc) is 3.11. The molecule has 31 heavy (non-hydrogen) atoms. The number of hydrazine groups is 1. The molecule has 0 aromatic heterocycles. The van der Waals surface area contributed by atoms with Crippen molar-refractivity contribution in [3.05, 3.63) is 64.2 Å². The van der Waals surface area contributed by atoms with E-state index < -0.39 is 10.0 Å². The van der Waals surface area contributed by atoms with Crippen LogP contribution in [0.2, 0.25) is 0 Å². The minimum absolute atomic E-state index is 0.555. The van der Waals surface area contributed by atoms with Crippen LogP contribution in [-0.4, -0.2) is 51.8 Å². The fourth-order valence-electron chi connectivity index (χ4n) is 4.98. The van der Waals surface area contributed by atoms with Gasteiger partial charge in [-0.2, -0.15) is 0 Å². The molecule has 0 spiro atoms. The van der Waals surface area contributed by atoms with E-state index in [9.17, 15) is 8.42 Å². The first-order valence-corrected chi connectivity index (χ1v) is 12.9. The van der Waals surface area contributed by atoms with Crippen molar-refractivity contribution in [1.29, 1.82) is 0 Å². The van der Waals surface area contributed by atoms with Gasteiger partial charge in [0.15, 0.2) is 0 Å². The van der Waals surface area contributed by atoms with Gasteiger partial charge in [-0.25, -0.2) is 13.4 Å². The minimum atomic E-state index is -3.24. The number of nitrogens with one attached hydrogen (secondary N) is 1. The first-order chi connectivity index (χ1) is 14.8. The molecule has 1 N–H and O–H groups in total. The molecule has 0 saturated heterocycles. The van der Waals surface area contributed by atoms with Gasteiger partial charge in [0.2, 0.25) is 10.0 Å². The third-order valence-electron chi connectivity index (χ3n) is 6.41. The lowest BCUT2D eigenvalue weighted by atomic mass is 9.82. The van der Waals surface area contributed by atoms with Gasteiger partial charge < -0.3 is 9.64 Å². The molecule has 2 aromatic rings. The number of hydrogen-bond donors (Lipinski definition) is 1. The van der Waals surface area contributed by atoms with Crippen LogP contribution < -0.4 is 9.57 Å². The number of nitrogens with zero attached hydrogens (tertiary/aromatic N) is 2. The average molecular weight is 444 g/mol. The molecule has 0 radical (unpaired) electrons. The monoisotopic (exact) mass is 443 g/mol. The van der Waals surface area contributed by atoms with Crippen LogP contribution >= 0.6 is 0 Å². The van der Waals surface area contributed by atoms with E-state index in [4.69, 9.17) is 4.74 Å². The lowest BCUT2D eigenvalue weighted by molar-refractivity contribution is 0.249. The van der Waals surface area contributed by atoms with Crippen molar-refractivity contribution in [1.82, 2.24) is 14.7 Å². The zero-order chi connectivity index (χ0) is 22.0. The Hall–Kier alpha value is -1.93. The molecule has 1 unspecified atom stereocenters. The number of rotatable bonds is 8. The van der Waals surface area contributed by atoms with Crippen molar-refractivity contribution >= 4 is 10.0 Å². The molecule has 2 aliphatic rings. The van der Waals surface area contributed by atoms with Gasteiger partial charge in [-0.3, -0.25) is 0 Å². The highest BCUT2D eigenvalue weighted by Crippen LogP contribution is 2.37. The summed E-state index contributed by atoms with van der Waals surface area (Å²) in [5, 5.41) is 1.75. The summed E-state index contributed by atoms with van der Waals surface area (Å²) >= 11 is 0. The Balaban J connectivity index is 1.34. The van der Waals surface area contributed by atoms with Gasteiger partial charge in [0.05, 0.1) is 13.4 Å². The first-order valence-electron chi connectivity index (χ1n) is 11.0. The van der Waals surface area contributed by atoms with E-state index >= 15 is 0 Å². The Morgan fingerprint density at radius 3 is 2.77 bits per heavy atom. The smallest absolute Gasteiger partial charge is 0.221 e. The number of likely N-dealkylation sites (N-methyl/N-ethyl adjacent to an activating group) is 1. The normalized spacial score (nSPS) is 18.8. The van der Waals surface area contributed by atoms with Crippen LogP contribution in [0.25, 0.3) is 0 Å². The van der Waals surface area contributed by atoms with E-state index in [1.54, 1.807) is 12.1 Å². The van der Waals surface area contributed by atoms with Crippen molar-refractivity contribution in [3.63, 3.8) is 0 Å². The summed E-state index contributed by atoms with van der Waals surface area (Å²) in [6, 6.07) is 13.0. The molecule has 1 aliphatic carbocycles. The summed E-state index contributed by atoms with van der Waals surface area (Å²) in [5.41, 5.74) is 6.55. The fraction of sp³-hybridized carbons (Fsp3) is 0.500. The molecule has 0 saturated carbocycles. The molecule has 4 rings (SSSR count). The molecule has 1 aliphatic heterocycles. The number of methoxy groups -OCH3 is 1. The molecule has 2 aromatic carbocycles. The van der Waals surface area contributed by atoms with Gasteiger partial charge in [0.25, 0.3) is 0 Å². The van der Waals surface area contributed by atoms with Crippen LogP contribution in [0.4, 0.5) is 0 Å². The summed E-state index contributed by atoms with van der Waals surface area (Å²) in [6.45, 7) is 3.29. The van der Waals surface area contributed by atoms with Crippen molar-refractivity contribution in [2.45, 2.75) is 44.7 Å². The molecule has 7 heteroatoms. The summed E-state index contributed by atoms with van der Waals surface area (Å²) in [4.78, 5) is 5.02. The van der Waals surface area contributed by atoms with E-state index in [2.05, 4.69) is 53.2 Å². The third-order valence-corrected chi connectivity index (χ3v) is 7.00. The van der Waals surface area contributed by atoms with Crippen molar-refractivity contribution in [3.8, 4) is 5.75 Å². The van der Waals surface area contributed by atoms with Gasteiger partial charge in [-0.15, -0.1) is 4.83 Å². The molecule has 168 valence electrons. The van der Waals surface area contributed by atoms with Gasteiger partial charge in [-0.1, -0.05) is 30.3 Å². The Kier molecular flexibility index (Phi) is 6.67. The maximum atomic E-state index is 11.5. The van der Waals surface area contributed by atoms with Crippen LogP contribution in [0.5, 0.6) is 5.75 Å². The highest BCUT2D eigenvalue weighted by atomic mass is 32.2. The predicted octanol–water partition coefficient (Wildman–Crippen LogP) is 3.07. The van der Waals surface area contributed by atoms with Crippen molar-refractivity contribution < 1.29 is 13.2 Å². The predicted molar refractivity (Wildman–Crippen MR) is 124 cm³/mol. The van der Waals surface area contributed by atoms with Crippen LogP contribution in [0, 0.1) is 0 Å². The summed E-state index contributed by atoms with van der Waals surface area (Å²) in [5.74, 6) is 1.59.